The van der Waals surface area contributed by atoms with Crippen LogP contribution in [0.25, 0.3) is 0 Å². The van der Waals surface area contributed by atoms with E-state index in [2.05, 4.69) is 10.3 Å². The monoisotopic (exact) mass is 274 g/mol. The lowest BCUT2D eigenvalue weighted by Gasteiger charge is -2.06. The van der Waals surface area contributed by atoms with Gasteiger partial charge in [0.05, 0.1) is 17.8 Å². The lowest BCUT2D eigenvalue weighted by atomic mass is 10.2. The standard InChI is InChI=1S/C13H14N4O3/c1-17-6-2-3-11(17)13(19)15-8-10-5-4-9(7-14-10)12(18)16-20/h2-7,20H,8H2,1H3,(H,15,19)(H,16,18). The Morgan fingerprint density at radius 3 is 2.65 bits per heavy atom. The van der Waals surface area contributed by atoms with Crippen LogP contribution in [0.1, 0.15) is 26.5 Å². The molecule has 0 aliphatic rings. The minimum atomic E-state index is -0.628. The number of hydrogen-bond acceptors (Lipinski definition) is 4. The number of hydrogen-bond donors (Lipinski definition) is 3. The lowest BCUT2D eigenvalue weighted by Crippen LogP contribution is -2.25. The van der Waals surface area contributed by atoms with Crippen molar-refractivity contribution in [3.8, 4) is 0 Å². The molecule has 3 N–H and O–H groups in total. The van der Waals surface area contributed by atoms with Gasteiger partial charge in [-0.3, -0.25) is 19.8 Å². The first-order valence-electron chi connectivity index (χ1n) is 5.90. The number of pyridine rings is 1. The van der Waals surface area contributed by atoms with Crippen molar-refractivity contribution in [3.63, 3.8) is 0 Å². The van der Waals surface area contributed by atoms with Gasteiger partial charge in [-0.1, -0.05) is 0 Å². The molecular weight excluding hydrogens is 260 g/mol. The van der Waals surface area contributed by atoms with Gasteiger partial charge in [0, 0.05) is 19.4 Å². The normalized spacial score (nSPS) is 10.1. The van der Waals surface area contributed by atoms with Gasteiger partial charge >= 0.3 is 0 Å². The Kier molecular flexibility index (Phi) is 4.11. The number of nitrogens with one attached hydrogen (secondary N) is 2. The molecule has 20 heavy (non-hydrogen) atoms. The maximum atomic E-state index is 11.9. The van der Waals surface area contributed by atoms with Crippen molar-refractivity contribution in [2.24, 2.45) is 7.05 Å². The highest BCUT2D eigenvalue weighted by Gasteiger charge is 2.09. The average Bonchev–Trinajstić information content (AvgIpc) is 2.90. The Bertz CT molecular complexity index is 619. The Morgan fingerprint density at radius 1 is 1.30 bits per heavy atom. The molecule has 0 aliphatic carbocycles. The highest BCUT2D eigenvalue weighted by atomic mass is 16.5. The summed E-state index contributed by atoms with van der Waals surface area (Å²) >= 11 is 0. The zero-order valence-corrected chi connectivity index (χ0v) is 10.8. The fraction of sp³-hybridized carbons (Fsp3) is 0.154. The predicted molar refractivity (Wildman–Crippen MR) is 70.1 cm³/mol. The summed E-state index contributed by atoms with van der Waals surface area (Å²) in [5.74, 6) is -0.826. The van der Waals surface area contributed by atoms with E-state index in [0.29, 0.717) is 11.4 Å². The molecule has 0 saturated carbocycles. The highest BCUT2D eigenvalue weighted by molar-refractivity contribution is 5.93. The van der Waals surface area contributed by atoms with Gasteiger partial charge in [-0.2, -0.15) is 0 Å². The molecule has 2 aromatic rings. The summed E-state index contributed by atoms with van der Waals surface area (Å²) in [6.45, 7) is 0.255. The zero-order valence-electron chi connectivity index (χ0n) is 10.8. The van der Waals surface area contributed by atoms with Crippen molar-refractivity contribution in [2.45, 2.75) is 6.54 Å². The average molecular weight is 274 g/mol. The van der Waals surface area contributed by atoms with Crippen LogP contribution >= 0.6 is 0 Å². The Labute approximate surface area is 115 Å². The van der Waals surface area contributed by atoms with Crippen LogP contribution in [-0.4, -0.2) is 26.6 Å². The summed E-state index contributed by atoms with van der Waals surface area (Å²) in [5, 5.41) is 11.2. The third kappa shape index (κ3) is 3.01. The molecule has 0 fully saturated rings. The summed E-state index contributed by atoms with van der Waals surface area (Å²) in [7, 11) is 1.79. The van der Waals surface area contributed by atoms with Gasteiger partial charge < -0.3 is 9.88 Å². The summed E-state index contributed by atoms with van der Waals surface area (Å²) in [6, 6.07) is 6.63. The Morgan fingerprint density at radius 2 is 2.10 bits per heavy atom. The van der Waals surface area contributed by atoms with Gasteiger partial charge in [0.25, 0.3) is 11.8 Å². The second-order valence-corrected chi connectivity index (χ2v) is 4.17. The molecule has 0 unspecified atom stereocenters. The van der Waals surface area contributed by atoms with Gasteiger partial charge in [0.2, 0.25) is 0 Å². The molecule has 104 valence electrons. The smallest absolute Gasteiger partial charge is 0.276 e. The van der Waals surface area contributed by atoms with Crippen molar-refractivity contribution < 1.29 is 14.8 Å². The number of aromatic nitrogens is 2. The van der Waals surface area contributed by atoms with Crippen molar-refractivity contribution >= 4 is 11.8 Å². The second-order valence-electron chi connectivity index (χ2n) is 4.17. The van der Waals surface area contributed by atoms with E-state index in [1.807, 2.05) is 0 Å². The molecule has 2 aromatic heterocycles. The number of carbonyl (C=O) groups is 2. The van der Waals surface area contributed by atoms with E-state index < -0.39 is 5.91 Å². The van der Waals surface area contributed by atoms with Gasteiger partial charge in [-0.25, -0.2) is 5.48 Å². The molecule has 0 aliphatic heterocycles. The highest BCUT2D eigenvalue weighted by Crippen LogP contribution is 2.02. The summed E-state index contributed by atoms with van der Waals surface area (Å²) in [4.78, 5) is 27.0. The summed E-state index contributed by atoms with van der Waals surface area (Å²) in [6.07, 6.45) is 3.12. The molecule has 0 spiro atoms. The maximum Gasteiger partial charge on any atom is 0.276 e. The van der Waals surface area contributed by atoms with E-state index in [4.69, 9.17) is 5.21 Å². The van der Waals surface area contributed by atoms with Crippen molar-refractivity contribution in [1.29, 1.82) is 0 Å². The molecule has 2 rings (SSSR count). The summed E-state index contributed by atoms with van der Waals surface area (Å²) in [5.41, 5.74) is 2.93. The van der Waals surface area contributed by atoms with Gasteiger partial charge in [0.1, 0.15) is 5.69 Å². The quantitative estimate of drug-likeness (QED) is 0.557. The van der Waals surface area contributed by atoms with Crippen LogP contribution in [0.4, 0.5) is 0 Å². The minimum absolute atomic E-state index is 0.198. The van der Waals surface area contributed by atoms with Crippen molar-refractivity contribution in [1.82, 2.24) is 20.3 Å². The fourth-order valence-corrected chi connectivity index (χ4v) is 1.69. The fourth-order valence-electron chi connectivity index (χ4n) is 1.69. The Balaban J connectivity index is 1.96. The van der Waals surface area contributed by atoms with Gasteiger partial charge in [-0.15, -0.1) is 0 Å². The predicted octanol–water partition coefficient (Wildman–Crippen LogP) is 0.469. The third-order valence-corrected chi connectivity index (χ3v) is 2.79. The molecule has 0 bridgehead atoms. The van der Waals surface area contributed by atoms with Crippen LogP contribution in [0, 0.1) is 0 Å². The maximum absolute atomic E-state index is 11.9. The molecule has 0 saturated heterocycles. The van der Waals surface area contributed by atoms with E-state index in [9.17, 15) is 9.59 Å². The molecular formula is C13H14N4O3. The van der Waals surface area contributed by atoms with Gasteiger partial charge in [0.15, 0.2) is 0 Å². The van der Waals surface area contributed by atoms with Crippen molar-refractivity contribution in [3.05, 3.63) is 53.6 Å². The van der Waals surface area contributed by atoms with Crippen LogP contribution in [0.2, 0.25) is 0 Å². The molecule has 0 aromatic carbocycles. The first-order chi connectivity index (χ1) is 9.61. The largest absolute Gasteiger partial charge is 0.347 e. The molecule has 7 heteroatoms. The van der Waals surface area contributed by atoms with E-state index in [1.54, 1.807) is 36.0 Å². The van der Waals surface area contributed by atoms with E-state index in [1.165, 1.54) is 17.7 Å². The lowest BCUT2D eigenvalue weighted by molar-refractivity contribution is 0.0705. The third-order valence-electron chi connectivity index (χ3n) is 2.79. The van der Waals surface area contributed by atoms with E-state index in [-0.39, 0.29) is 18.0 Å². The van der Waals surface area contributed by atoms with Crippen molar-refractivity contribution in [2.75, 3.05) is 0 Å². The first kappa shape index (κ1) is 13.8. The number of carbonyl (C=O) groups excluding carboxylic acids is 2. The number of rotatable bonds is 4. The van der Waals surface area contributed by atoms with Crippen LogP contribution in [0.15, 0.2) is 36.7 Å². The molecule has 0 atom stereocenters. The molecule has 7 nitrogen and oxygen atoms in total. The first-order valence-corrected chi connectivity index (χ1v) is 5.90. The molecule has 2 amide bonds. The summed E-state index contributed by atoms with van der Waals surface area (Å²) < 4.78 is 1.72. The second kappa shape index (κ2) is 5.98. The number of hydroxylamine groups is 1. The zero-order chi connectivity index (χ0) is 14.5. The van der Waals surface area contributed by atoms with Gasteiger partial charge in [-0.05, 0) is 24.3 Å². The van der Waals surface area contributed by atoms with Crippen LogP contribution in [0.5, 0.6) is 0 Å². The Hall–Kier alpha value is -2.67. The van der Waals surface area contributed by atoms with Crippen LogP contribution in [0.3, 0.4) is 0 Å². The molecule has 0 radical (unpaired) electrons. The van der Waals surface area contributed by atoms with Crippen LogP contribution < -0.4 is 10.8 Å². The topological polar surface area (TPSA) is 96.2 Å². The molecule has 2 heterocycles. The number of amides is 2. The van der Waals surface area contributed by atoms with E-state index in [0.717, 1.165) is 0 Å². The van der Waals surface area contributed by atoms with Crippen LogP contribution in [-0.2, 0) is 13.6 Å². The minimum Gasteiger partial charge on any atom is -0.347 e. The number of nitrogens with zero attached hydrogens (tertiary/aromatic N) is 2. The van der Waals surface area contributed by atoms with E-state index >= 15 is 0 Å². The SMILES string of the molecule is Cn1cccc1C(=O)NCc1ccc(C(=O)NO)cn1. The number of aryl methyl sites for hydroxylation is 1.